The Bertz CT molecular complexity index is 1360. The molecule has 1 fully saturated rings. The summed E-state index contributed by atoms with van der Waals surface area (Å²) in [6.45, 7) is 7.36. The van der Waals surface area contributed by atoms with Gasteiger partial charge in [-0.05, 0) is 49.2 Å². The highest BCUT2D eigenvalue weighted by molar-refractivity contribution is 5.43. The van der Waals surface area contributed by atoms with Crippen LogP contribution in [-0.4, -0.2) is 50.7 Å². The second-order valence-corrected chi connectivity index (χ2v) is 9.36. The van der Waals surface area contributed by atoms with E-state index in [0.717, 1.165) is 48.7 Å². The number of aryl methyl sites for hydroxylation is 2. The van der Waals surface area contributed by atoms with E-state index in [1.165, 1.54) is 0 Å². The van der Waals surface area contributed by atoms with Gasteiger partial charge in [0.15, 0.2) is 0 Å². The average molecular weight is 482 g/mol. The first-order valence-corrected chi connectivity index (χ1v) is 12.3. The van der Waals surface area contributed by atoms with E-state index in [1.807, 2.05) is 43.5 Å². The Labute approximate surface area is 211 Å². The van der Waals surface area contributed by atoms with Crippen LogP contribution >= 0.6 is 0 Å². The fraction of sp³-hybridized carbons (Fsp3) is 0.276. The van der Waals surface area contributed by atoms with Gasteiger partial charge in [0.2, 0.25) is 0 Å². The highest BCUT2D eigenvalue weighted by Crippen LogP contribution is 2.34. The van der Waals surface area contributed by atoms with Gasteiger partial charge in [-0.15, -0.1) is 0 Å². The molecule has 3 aromatic heterocycles. The molecule has 4 heterocycles. The molecule has 7 nitrogen and oxygen atoms in total. The Morgan fingerprint density at radius 1 is 0.944 bits per heavy atom. The predicted octanol–water partition coefficient (Wildman–Crippen LogP) is 3.92. The quantitative estimate of drug-likeness (QED) is 0.450. The molecule has 1 aliphatic heterocycles. The monoisotopic (exact) mass is 481 g/mol. The van der Waals surface area contributed by atoms with Crippen LogP contribution in [0, 0.1) is 13.8 Å². The Kier molecular flexibility index (Phi) is 6.82. The molecule has 0 spiro atoms. The fourth-order valence-corrected chi connectivity index (χ4v) is 4.96. The normalized spacial score (nSPS) is 15.1. The number of hydrogen-bond acceptors (Lipinski definition) is 6. The van der Waals surface area contributed by atoms with Crippen LogP contribution in [0.5, 0.6) is 5.75 Å². The van der Waals surface area contributed by atoms with Crippen molar-refractivity contribution < 1.29 is 5.11 Å². The third kappa shape index (κ3) is 4.88. The summed E-state index contributed by atoms with van der Waals surface area (Å²) in [5, 5.41) is 11.1. The smallest absolute Gasteiger partial charge is 0.259 e. The summed E-state index contributed by atoms with van der Waals surface area (Å²) < 4.78 is 1.73. The second kappa shape index (κ2) is 10.3. The summed E-state index contributed by atoms with van der Waals surface area (Å²) in [4.78, 5) is 27.2. The van der Waals surface area contributed by atoms with Crippen LogP contribution < -0.4 is 10.5 Å². The molecule has 1 aromatic carbocycles. The van der Waals surface area contributed by atoms with E-state index in [4.69, 9.17) is 0 Å². The number of pyridine rings is 3. The molecule has 4 aromatic rings. The first-order valence-electron chi connectivity index (χ1n) is 12.3. The van der Waals surface area contributed by atoms with Gasteiger partial charge >= 0.3 is 0 Å². The Hall–Kier alpha value is -3.97. The van der Waals surface area contributed by atoms with Crippen molar-refractivity contribution in [1.29, 1.82) is 0 Å². The maximum Gasteiger partial charge on any atom is 0.259 e. The third-order valence-electron chi connectivity index (χ3n) is 6.91. The minimum atomic E-state index is -0.357. The third-order valence-corrected chi connectivity index (χ3v) is 6.91. The first kappa shape index (κ1) is 23.8. The highest BCUT2D eigenvalue weighted by Gasteiger charge is 2.31. The first-order chi connectivity index (χ1) is 17.5. The van der Waals surface area contributed by atoms with Gasteiger partial charge in [-0.25, -0.2) is 4.98 Å². The molecule has 36 heavy (non-hydrogen) atoms. The van der Waals surface area contributed by atoms with Gasteiger partial charge in [0.1, 0.15) is 11.6 Å². The molecule has 0 radical (unpaired) electrons. The zero-order valence-corrected chi connectivity index (χ0v) is 20.7. The van der Waals surface area contributed by atoms with Crippen molar-refractivity contribution in [2.24, 2.45) is 0 Å². The molecule has 0 bridgehead atoms. The fourth-order valence-electron chi connectivity index (χ4n) is 4.96. The number of anilines is 1. The lowest BCUT2D eigenvalue weighted by molar-refractivity contribution is 0.207. The number of aromatic nitrogens is 3. The minimum Gasteiger partial charge on any atom is -0.507 e. The molecule has 0 aliphatic carbocycles. The Balaban J connectivity index is 1.53. The van der Waals surface area contributed by atoms with Crippen LogP contribution in [0.3, 0.4) is 0 Å². The van der Waals surface area contributed by atoms with Gasteiger partial charge < -0.3 is 14.6 Å². The number of aromatic hydroxyl groups is 1. The number of rotatable bonds is 6. The molecule has 0 amide bonds. The summed E-state index contributed by atoms with van der Waals surface area (Å²) in [6, 6.07) is 19.4. The lowest BCUT2D eigenvalue weighted by atomic mass is 9.95. The van der Waals surface area contributed by atoms with Gasteiger partial charge in [0, 0.05) is 50.5 Å². The van der Waals surface area contributed by atoms with Crippen LogP contribution in [-0.2, 0) is 6.54 Å². The standard InChI is InChI=1S/C29H31N5O2/c1-21-8-10-24(11-9-21)28(33-16-14-32(15-17-33)26-7-3-4-13-31-26)27-25(35)18-22(2)34(29(27)36)20-23-6-5-12-30-19-23/h3-13,18-19,28,35H,14-17,20H2,1-2H3/t28-/m0/s1. The van der Waals surface area contributed by atoms with Crippen molar-refractivity contribution in [2.75, 3.05) is 31.1 Å². The van der Waals surface area contributed by atoms with Crippen LogP contribution in [0.1, 0.15) is 34.0 Å². The van der Waals surface area contributed by atoms with Gasteiger partial charge in [-0.3, -0.25) is 14.7 Å². The lowest BCUT2D eigenvalue weighted by Gasteiger charge is -2.40. The SMILES string of the molecule is Cc1ccc([C@@H](c2c(O)cc(C)n(Cc3cccnc3)c2=O)N2CCN(c3ccccn3)CC2)cc1. The van der Waals surface area contributed by atoms with Crippen LogP contribution in [0.15, 0.2) is 84.0 Å². The Morgan fingerprint density at radius 3 is 2.39 bits per heavy atom. The summed E-state index contributed by atoms with van der Waals surface area (Å²) in [7, 11) is 0. The van der Waals surface area contributed by atoms with Gasteiger partial charge in [0.05, 0.1) is 18.2 Å². The van der Waals surface area contributed by atoms with Crippen molar-refractivity contribution in [3.8, 4) is 5.75 Å². The molecule has 0 saturated carbocycles. The molecular formula is C29H31N5O2. The Morgan fingerprint density at radius 2 is 1.72 bits per heavy atom. The topological polar surface area (TPSA) is 74.5 Å². The number of piperazine rings is 1. The molecule has 184 valence electrons. The average Bonchev–Trinajstić information content (AvgIpc) is 2.91. The molecule has 1 saturated heterocycles. The summed E-state index contributed by atoms with van der Waals surface area (Å²) in [6.07, 6.45) is 5.30. The second-order valence-electron chi connectivity index (χ2n) is 9.36. The van der Waals surface area contributed by atoms with Crippen molar-refractivity contribution >= 4 is 5.82 Å². The van der Waals surface area contributed by atoms with E-state index in [9.17, 15) is 9.90 Å². The lowest BCUT2D eigenvalue weighted by Crippen LogP contribution is -2.49. The zero-order valence-electron chi connectivity index (χ0n) is 20.7. The number of hydrogen-bond donors (Lipinski definition) is 1. The maximum absolute atomic E-state index is 14.0. The van der Waals surface area contributed by atoms with E-state index in [2.05, 4.69) is 51.0 Å². The van der Waals surface area contributed by atoms with Crippen LogP contribution in [0.4, 0.5) is 5.82 Å². The predicted molar refractivity (Wildman–Crippen MR) is 141 cm³/mol. The van der Waals surface area contributed by atoms with Crippen molar-refractivity contribution in [3.63, 3.8) is 0 Å². The number of benzene rings is 1. The maximum atomic E-state index is 14.0. The van der Waals surface area contributed by atoms with Crippen molar-refractivity contribution in [1.82, 2.24) is 19.4 Å². The molecule has 1 atom stereocenters. The van der Waals surface area contributed by atoms with E-state index in [-0.39, 0.29) is 17.4 Å². The largest absolute Gasteiger partial charge is 0.507 e. The zero-order chi connectivity index (χ0) is 25.1. The van der Waals surface area contributed by atoms with Gasteiger partial charge in [-0.1, -0.05) is 42.0 Å². The molecule has 0 unspecified atom stereocenters. The van der Waals surface area contributed by atoms with E-state index < -0.39 is 0 Å². The summed E-state index contributed by atoms with van der Waals surface area (Å²) >= 11 is 0. The molecule has 1 aliphatic rings. The van der Waals surface area contributed by atoms with Gasteiger partial charge in [0.25, 0.3) is 5.56 Å². The molecule has 1 N–H and O–H groups in total. The molecule has 7 heteroatoms. The van der Waals surface area contributed by atoms with Crippen LogP contribution in [0.25, 0.3) is 0 Å². The highest BCUT2D eigenvalue weighted by atomic mass is 16.3. The molecule has 5 rings (SSSR count). The summed E-state index contributed by atoms with van der Waals surface area (Å²) in [5.74, 6) is 0.999. The minimum absolute atomic E-state index is 0.0395. The summed E-state index contributed by atoms with van der Waals surface area (Å²) in [5.41, 5.74) is 4.05. The van der Waals surface area contributed by atoms with E-state index in [1.54, 1.807) is 23.0 Å². The van der Waals surface area contributed by atoms with Gasteiger partial charge in [-0.2, -0.15) is 0 Å². The van der Waals surface area contributed by atoms with Crippen LogP contribution in [0.2, 0.25) is 0 Å². The van der Waals surface area contributed by atoms with Crippen molar-refractivity contribution in [2.45, 2.75) is 26.4 Å². The van der Waals surface area contributed by atoms with E-state index >= 15 is 0 Å². The van der Waals surface area contributed by atoms with E-state index in [0.29, 0.717) is 17.8 Å². The number of nitrogens with zero attached hydrogens (tertiary/aromatic N) is 5. The van der Waals surface area contributed by atoms with Crippen molar-refractivity contribution in [3.05, 3.63) is 118 Å². The molecular weight excluding hydrogens is 450 g/mol.